The Morgan fingerprint density at radius 3 is 1.24 bits per heavy atom. The fraction of sp³-hybridized carbons (Fsp3) is 0.0833. The Kier molecular flexibility index (Phi) is 17.5. The predicted octanol–water partition coefficient (Wildman–Crippen LogP) is 7.60. The average Bonchev–Trinajstić information content (AvgIpc) is 3.36. The minimum atomic E-state index is 0. The van der Waals surface area contributed by atoms with Crippen LogP contribution in [-0.2, 0) is 25.8 Å². The van der Waals surface area contributed by atoms with Gasteiger partial charge in [0.25, 0.3) is 0 Å². The Bertz CT molecular complexity index is 635. The second kappa shape index (κ2) is 17.1. The summed E-state index contributed by atoms with van der Waals surface area (Å²) in [5.41, 5.74) is 0. The van der Waals surface area contributed by atoms with Crippen LogP contribution in [0.3, 0.4) is 0 Å². The number of fused-ring (bicyclic) bond motifs is 2. The van der Waals surface area contributed by atoms with Gasteiger partial charge in [0.15, 0.2) is 0 Å². The van der Waals surface area contributed by atoms with Crippen molar-refractivity contribution in [3.63, 3.8) is 0 Å². The van der Waals surface area contributed by atoms with Crippen LogP contribution in [0.1, 0.15) is 13.8 Å². The molecular weight excluding hydrogens is 467 g/mol. The van der Waals surface area contributed by atoms with E-state index in [1.54, 1.807) is 13.8 Å². The summed E-state index contributed by atoms with van der Waals surface area (Å²) in [5.74, 6) is 0. The molecular formula is C24H28Hf. The van der Waals surface area contributed by atoms with E-state index in [1.807, 2.05) is 0 Å². The first-order valence-corrected chi connectivity index (χ1v) is 8.06. The summed E-state index contributed by atoms with van der Waals surface area (Å²) in [6, 6.07) is 29.3. The third kappa shape index (κ3) is 8.79. The Morgan fingerprint density at radius 2 is 0.920 bits per heavy atom. The molecule has 0 fully saturated rings. The van der Waals surface area contributed by atoms with Gasteiger partial charge in [-0.15, -0.1) is 72.5 Å². The molecule has 0 saturated carbocycles. The molecule has 0 bridgehead atoms. The van der Waals surface area contributed by atoms with Crippen molar-refractivity contribution in [1.82, 2.24) is 0 Å². The molecule has 0 heterocycles. The molecule has 4 rings (SSSR count). The molecule has 0 saturated heterocycles. The smallest absolute Gasteiger partial charge is 0.346 e. The maximum atomic E-state index is 3.25. The summed E-state index contributed by atoms with van der Waals surface area (Å²) in [4.78, 5) is 0. The van der Waals surface area contributed by atoms with Crippen LogP contribution in [0, 0.1) is 13.8 Å². The van der Waals surface area contributed by atoms with Crippen molar-refractivity contribution < 1.29 is 25.8 Å². The van der Waals surface area contributed by atoms with E-state index in [0.717, 1.165) is 0 Å². The number of hydrogen-bond donors (Lipinski definition) is 0. The average molecular weight is 495 g/mol. The molecule has 4 aromatic carbocycles. The Hall–Kier alpha value is -1.73. The number of rotatable bonds is 0. The summed E-state index contributed by atoms with van der Waals surface area (Å²) in [7, 11) is 0. The van der Waals surface area contributed by atoms with Crippen molar-refractivity contribution in [3.8, 4) is 0 Å². The van der Waals surface area contributed by atoms with Crippen molar-refractivity contribution >= 4 is 21.5 Å². The largest absolute Gasteiger partial charge is 4.00 e. The summed E-state index contributed by atoms with van der Waals surface area (Å²) in [6.45, 7) is 16.0. The first kappa shape index (κ1) is 25.5. The molecule has 0 aromatic heterocycles. The fourth-order valence-corrected chi connectivity index (χ4v) is 2.14. The van der Waals surface area contributed by atoms with Crippen LogP contribution in [0.4, 0.5) is 0 Å². The summed E-state index contributed by atoms with van der Waals surface area (Å²) in [6.07, 6.45) is 0. The molecule has 0 unspecified atom stereocenters. The van der Waals surface area contributed by atoms with E-state index < -0.39 is 0 Å². The van der Waals surface area contributed by atoms with Crippen LogP contribution < -0.4 is 0 Å². The molecule has 0 aliphatic carbocycles. The second-order valence-electron chi connectivity index (χ2n) is 4.31. The summed E-state index contributed by atoms with van der Waals surface area (Å²) < 4.78 is 0. The molecule has 128 valence electrons. The molecule has 0 amide bonds. The van der Waals surface area contributed by atoms with Gasteiger partial charge in [-0.05, 0) is 0 Å². The zero-order valence-corrected chi connectivity index (χ0v) is 19.0. The van der Waals surface area contributed by atoms with E-state index in [0.29, 0.717) is 0 Å². The molecule has 1 heteroatoms. The SMILES string of the molecule is C=C.[CH2-]C.[CH2-]C.[Hf+4].c1ccc2[cH-]ccc2c1.c1ccc2[cH-]ccc2c1. The van der Waals surface area contributed by atoms with Crippen molar-refractivity contribution in [2.45, 2.75) is 13.8 Å². The Morgan fingerprint density at radius 1 is 0.600 bits per heavy atom. The monoisotopic (exact) mass is 496 g/mol. The van der Waals surface area contributed by atoms with Gasteiger partial charge in [-0.25, -0.2) is 0 Å². The van der Waals surface area contributed by atoms with Crippen molar-refractivity contribution in [3.05, 3.63) is 112 Å². The van der Waals surface area contributed by atoms with Gasteiger partial charge in [0.1, 0.15) is 0 Å². The van der Waals surface area contributed by atoms with Crippen LogP contribution in [-0.4, -0.2) is 0 Å². The van der Waals surface area contributed by atoms with Crippen molar-refractivity contribution in [1.29, 1.82) is 0 Å². The van der Waals surface area contributed by atoms with Crippen LogP contribution in [0.25, 0.3) is 21.5 Å². The van der Waals surface area contributed by atoms with Crippen LogP contribution in [0.15, 0.2) is 98.1 Å². The van der Waals surface area contributed by atoms with E-state index in [9.17, 15) is 0 Å². The molecule has 0 N–H and O–H groups in total. The molecule has 25 heavy (non-hydrogen) atoms. The molecule has 0 spiro atoms. The van der Waals surface area contributed by atoms with Gasteiger partial charge in [-0.2, -0.15) is 48.9 Å². The van der Waals surface area contributed by atoms with Crippen LogP contribution in [0.2, 0.25) is 0 Å². The quantitative estimate of drug-likeness (QED) is 0.134. The van der Waals surface area contributed by atoms with Gasteiger partial charge in [0, 0.05) is 0 Å². The van der Waals surface area contributed by atoms with Gasteiger partial charge in [0.05, 0.1) is 0 Å². The zero-order valence-electron chi connectivity index (χ0n) is 15.4. The Balaban J connectivity index is 0. The maximum Gasteiger partial charge on any atom is 4.00 e. The molecule has 4 aromatic rings. The Labute approximate surface area is 172 Å². The minimum absolute atomic E-state index is 0. The summed E-state index contributed by atoms with van der Waals surface area (Å²) in [5, 5.41) is 5.32. The molecule has 0 aliphatic heterocycles. The molecule has 0 nitrogen and oxygen atoms in total. The van der Waals surface area contributed by atoms with E-state index in [2.05, 4.69) is 112 Å². The maximum absolute atomic E-state index is 3.25. The third-order valence-electron chi connectivity index (χ3n) is 3.10. The van der Waals surface area contributed by atoms with Crippen molar-refractivity contribution in [2.24, 2.45) is 0 Å². The van der Waals surface area contributed by atoms with Gasteiger partial charge in [-0.3, -0.25) is 0 Å². The van der Waals surface area contributed by atoms with Gasteiger partial charge >= 0.3 is 25.8 Å². The minimum Gasteiger partial charge on any atom is -0.346 e. The molecule has 0 aliphatic rings. The number of benzene rings is 2. The van der Waals surface area contributed by atoms with Gasteiger partial charge in [0.2, 0.25) is 0 Å². The van der Waals surface area contributed by atoms with Crippen LogP contribution >= 0.6 is 0 Å². The molecule has 0 atom stereocenters. The van der Waals surface area contributed by atoms with E-state index in [4.69, 9.17) is 0 Å². The van der Waals surface area contributed by atoms with E-state index in [1.165, 1.54) is 21.5 Å². The predicted molar refractivity (Wildman–Crippen MR) is 112 cm³/mol. The zero-order chi connectivity index (χ0) is 18.2. The normalized spacial score (nSPS) is 8.00. The second-order valence-corrected chi connectivity index (χ2v) is 4.31. The molecule has 0 radical (unpaired) electrons. The first-order chi connectivity index (χ1) is 11.9. The third-order valence-corrected chi connectivity index (χ3v) is 3.10. The van der Waals surface area contributed by atoms with Gasteiger partial charge in [-0.1, -0.05) is 12.1 Å². The number of hydrogen-bond acceptors (Lipinski definition) is 0. The first-order valence-electron chi connectivity index (χ1n) is 8.06. The standard InChI is InChI=1S/2C9H7.2C2H5.C2H4.Hf/c2*1-2-5-9-7-3-6-8(9)4-1;3*1-2;/h2*1-7H;2*1H2,2H3;1-2H2;/q4*-1;;+4. The van der Waals surface area contributed by atoms with E-state index >= 15 is 0 Å². The van der Waals surface area contributed by atoms with Crippen LogP contribution in [0.5, 0.6) is 0 Å². The summed E-state index contributed by atoms with van der Waals surface area (Å²) >= 11 is 0. The van der Waals surface area contributed by atoms with Crippen molar-refractivity contribution in [2.75, 3.05) is 0 Å². The fourth-order valence-electron chi connectivity index (χ4n) is 2.14. The van der Waals surface area contributed by atoms with Gasteiger partial charge < -0.3 is 13.8 Å². The topological polar surface area (TPSA) is 0 Å². The van der Waals surface area contributed by atoms with E-state index in [-0.39, 0.29) is 25.8 Å².